The van der Waals surface area contributed by atoms with Crippen LogP contribution in [0.3, 0.4) is 0 Å². The van der Waals surface area contributed by atoms with Gasteiger partial charge < -0.3 is 0 Å². The maximum absolute atomic E-state index is 14.0. The van der Waals surface area contributed by atoms with E-state index in [1.807, 2.05) is 0 Å². The van der Waals surface area contributed by atoms with Gasteiger partial charge in [0.2, 0.25) is 0 Å². The SMILES string of the molecule is CCCC[PH+](CCCC)CC([O][Sn][O]C(CP(=O)(I)CCCC)(C(F)(F)F)C(F)(F)F)(C(F)(F)F)C(F)(F)F. The molecule has 0 N–H and O–H groups in total. The van der Waals surface area contributed by atoms with Crippen LogP contribution in [0, 0.1) is 0 Å². The van der Waals surface area contributed by atoms with Crippen molar-refractivity contribution >= 4 is 56.7 Å². The first-order valence-electron chi connectivity index (χ1n) is 12.0. The second kappa shape index (κ2) is 15.8. The van der Waals surface area contributed by atoms with E-state index in [-0.39, 0.29) is 25.2 Å². The van der Waals surface area contributed by atoms with Crippen molar-refractivity contribution in [2.24, 2.45) is 0 Å². The third-order valence-electron chi connectivity index (χ3n) is 5.83. The summed E-state index contributed by atoms with van der Waals surface area (Å²) in [5.74, 6) is 0. The van der Waals surface area contributed by atoms with Gasteiger partial charge in [-0.15, -0.1) is 0 Å². The summed E-state index contributed by atoms with van der Waals surface area (Å²) in [4.78, 5) is -4.28. The van der Waals surface area contributed by atoms with E-state index >= 15 is 0 Å². The molecule has 19 heteroatoms. The first-order valence-corrected chi connectivity index (χ1v) is 21.3. The van der Waals surface area contributed by atoms with Gasteiger partial charge in [-0.25, -0.2) is 0 Å². The Morgan fingerprint density at radius 3 is 1.36 bits per heavy atom. The predicted octanol–water partition coefficient (Wildman–Crippen LogP) is 9.61. The molecule has 0 amide bonds. The number of halogens is 13. The quantitative estimate of drug-likeness (QED) is 0.0634. The maximum atomic E-state index is 14.0. The molecule has 0 saturated carbocycles. The molecule has 0 aliphatic heterocycles. The van der Waals surface area contributed by atoms with Crippen molar-refractivity contribution in [3.05, 3.63) is 0 Å². The molecule has 39 heavy (non-hydrogen) atoms. The molecule has 0 heterocycles. The van der Waals surface area contributed by atoms with E-state index in [9.17, 15) is 57.3 Å². The van der Waals surface area contributed by atoms with Gasteiger partial charge in [-0.3, -0.25) is 0 Å². The molecule has 0 saturated heterocycles. The Morgan fingerprint density at radius 1 is 0.667 bits per heavy atom. The zero-order chi connectivity index (χ0) is 31.0. The van der Waals surface area contributed by atoms with Crippen LogP contribution in [-0.4, -0.2) is 88.7 Å². The molecule has 0 aromatic heterocycles. The molecule has 3 nitrogen and oxygen atoms in total. The van der Waals surface area contributed by atoms with E-state index in [4.69, 9.17) is 0 Å². The van der Waals surface area contributed by atoms with Crippen LogP contribution in [0.4, 0.5) is 52.7 Å². The summed E-state index contributed by atoms with van der Waals surface area (Å²) in [5, 5.41) is 0. The van der Waals surface area contributed by atoms with E-state index < -0.39 is 89.1 Å². The molecule has 0 aliphatic rings. The molecule has 0 aromatic carbocycles. The fourth-order valence-electron chi connectivity index (χ4n) is 3.48. The van der Waals surface area contributed by atoms with Crippen LogP contribution >= 0.6 is 34.7 Å². The minimum atomic E-state index is -6.35. The molecular formula is C20H32F12IO3P2Sn+. The molecule has 1 atom stereocenters. The first kappa shape index (κ1) is 40.3. The van der Waals surface area contributed by atoms with Crippen molar-refractivity contribution < 1.29 is 63.4 Å². The molecule has 0 aromatic rings. The first-order chi connectivity index (χ1) is 17.5. The van der Waals surface area contributed by atoms with Crippen LogP contribution in [0.15, 0.2) is 0 Å². The average Bonchev–Trinajstić information content (AvgIpc) is 2.74. The van der Waals surface area contributed by atoms with Crippen molar-refractivity contribution in [2.45, 2.75) is 95.2 Å². The fraction of sp³-hybridized carbons (Fsp3) is 1.00. The zero-order valence-electron chi connectivity index (χ0n) is 21.4. The van der Waals surface area contributed by atoms with Crippen molar-refractivity contribution in [1.82, 2.24) is 0 Å². The third kappa shape index (κ3) is 11.4. The van der Waals surface area contributed by atoms with Crippen LogP contribution in [0.2, 0.25) is 0 Å². The topological polar surface area (TPSA) is 35.5 Å². The van der Waals surface area contributed by atoms with Crippen molar-refractivity contribution in [3.63, 3.8) is 0 Å². The van der Waals surface area contributed by atoms with Gasteiger partial charge in [0.05, 0.1) is 0 Å². The van der Waals surface area contributed by atoms with E-state index in [1.54, 1.807) is 13.8 Å². The van der Waals surface area contributed by atoms with Crippen LogP contribution in [0.25, 0.3) is 0 Å². The van der Waals surface area contributed by atoms with E-state index in [1.165, 1.54) is 6.92 Å². The van der Waals surface area contributed by atoms with Crippen LogP contribution in [0.1, 0.15) is 59.3 Å². The van der Waals surface area contributed by atoms with Crippen LogP contribution in [0.5, 0.6) is 0 Å². The predicted molar refractivity (Wildman–Crippen MR) is 137 cm³/mol. The molecule has 1 unspecified atom stereocenters. The molecular weight excluding hydrogens is 824 g/mol. The Hall–Kier alpha value is 1.27. The summed E-state index contributed by atoms with van der Waals surface area (Å²) >= 11 is -3.70. The molecule has 0 spiro atoms. The Bertz CT molecular complexity index is 739. The van der Waals surface area contributed by atoms with Crippen molar-refractivity contribution in [3.8, 4) is 0 Å². The molecule has 234 valence electrons. The summed E-state index contributed by atoms with van der Waals surface area (Å²) < 4.78 is 188. The van der Waals surface area contributed by atoms with Crippen LogP contribution < -0.4 is 0 Å². The van der Waals surface area contributed by atoms with Crippen molar-refractivity contribution in [2.75, 3.05) is 30.8 Å². The summed E-state index contributed by atoms with van der Waals surface area (Å²) in [6.07, 6.45) is -27.7. The van der Waals surface area contributed by atoms with E-state index in [0.29, 0.717) is 25.7 Å². The van der Waals surface area contributed by atoms with Crippen LogP contribution in [-0.2, 0) is 10.7 Å². The van der Waals surface area contributed by atoms with Crippen molar-refractivity contribution in [1.29, 1.82) is 0 Å². The standard InChI is InChI=1S/C12H20F6OP.C8H11F6IO2P.Sn/c1-3-5-7-20(8-6-4-2)9-10(19,11(13,14)15)12(16,17)18;1-2-3-4-18(15,17)5-6(16,7(9,10)11)8(12,13)14;/h3-9H2,1-2H3;2-5H2,1H3;/q2*-1;+2/p+1. The number of rotatable bonds is 17. The number of unbranched alkanes of at least 4 members (excludes halogenated alkanes) is 3. The van der Waals surface area contributed by atoms with Gasteiger partial charge in [-0.05, 0) is 0 Å². The van der Waals surface area contributed by atoms with Gasteiger partial charge in [-0.2, -0.15) is 0 Å². The summed E-state index contributed by atoms with van der Waals surface area (Å²) in [5.41, 5.74) is -10.2. The van der Waals surface area contributed by atoms with Gasteiger partial charge in [0.25, 0.3) is 0 Å². The van der Waals surface area contributed by atoms with Gasteiger partial charge in [0.15, 0.2) is 0 Å². The summed E-state index contributed by atoms with van der Waals surface area (Å²) in [6.45, 7) is 4.86. The molecule has 0 aliphatic carbocycles. The van der Waals surface area contributed by atoms with Gasteiger partial charge in [-0.1, -0.05) is 0 Å². The average molecular weight is 856 g/mol. The van der Waals surface area contributed by atoms with Gasteiger partial charge in [0, 0.05) is 0 Å². The Labute approximate surface area is 245 Å². The fourth-order valence-corrected chi connectivity index (χ4v) is 14.9. The number of hydrogen-bond acceptors (Lipinski definition) is 3. The zero-order valence-corrected chi connectivity index (χ0v) is 28.3. The number of hydrogen-bond donors (Lipinski definition) is 0. The third-order valence-corrected chi connectivity index (χ3v) is 15.8. The molecule has 0 rings (SSSR count). The van der Waals surface area contributed by atoms with Gasteiger partial charge >= 0.3 is 246 Å². The Morgan fingerprint density at radius 2 is 1.03 bits per heavy atom. The number of alkyl halides is 12. The summed E-state index contributed by atoms with van der Waals surface area (Å²) in [7, 11) is -2.43. The normalized spacial score (nSPS) is 16.1. The Kier molecular flexibility index (Phi) is 16.3. The minimum absolute atomic E-state index is 0.0198. The molecule has 0 bridgehead atoms. The van der Waals surface area contributed by atoms with E-state index in [2.05, 4.69) is 6.15 Å². The monoisotopic (exact) mass is 857 g/mol. The van der Waals surface area contributed by atoms with Gasteiger partial charge in [0.1, 0.15) is 0 Å². The second-order valence-corrected chi connectivity index (χ2v) is 21.2. The van der Waals surface area contributed by atoms with E-state index in [0.717, 1.165) is 22.0 Å². The Balaban J connectivity index is 6.57. The second-order valence-electron chi connectivity index (χ2n) is 9.09. The molecule has 0 fully saturated rings. The molecule has 2 radical (unpaired) electrons. The summed E-state index contributed by atoms with van der Waals surface area (Å²) in [6, 6.07) is 0.